The summed E-state index contributed by atoms with van der Waals surface area (Å²) in [7, 11) is 0. The Morgan fingerprint density at radius 2 is 1.34 bits per heavy atom. The highest BCUT2D eigenvalue weighted by Crippen LogP contribution is 2.74. The van der Waals surface area contributed by atoms with Gasteiger partial charge in [0.1, 0.15) is 5.78 Å². The Bertz CT molecular complexity index is 2240. The molecule has 350 valence electrons. The van der Waals surface area contributed by atoms with Gasteiger partial charge in [-0.1, -0.05) is 46.3 Å². The zero-order valence-electron chi connectivity index (χ0n) is 40.2. The van der Waals surface area contributed by atoms with Gasteiger partial charge in [-0.15, -0.1) is 0 Å². The fraction of sp³-hybridized carbons (Fsp3) is 0.870. The van der Waals surface area contributed by atoms with Gasteiger partial charge in [-0.05, 0) is 151 Å². The van der Waals surface area contributed by atoms with Crippen LogP contribution in [-0.4, -0.2) is 84.4 Å². The molecule has 21 atom stereocenters. The molecule has 8 aliphatic carbocycles. The van der Waals surface area contributed by atoms with E-state index >= 15 is 0 Å². The van der Waals surface area contributed by atoms with Crippen LogP contribution in [0.25, 0.3) is 0 Å². The Hall–Kier alpha value is -1.79. The van der Waals surface area contributed by atoms with E-state index in [0.717, 1.165) is 76.3 Å². The van der Waals surface area contributed by atoms with Crippen molar-refractivity contribution in [3.05, 3.63) is 34.4 Å². The molecule has 0 bridgehead atoms. The zero-order chi connectivity index (χ0) is 44.7. The fourth-order valence-electron chi connectivity index (χ4n) is 19.8. The van der Waals surface area contributed by atoms with Crippen molar-refractivity contribution >= 4 is 5.78 Å². The van der Waals surface area contributed by atoms with Gasteiger partial charge >= 0.3 is 0 Å². The lowest BCUT2D eigenvalue weighted by Crippen LogP contribution is -2.58. The highest BCUT2D eigenvalue weighted by atomic mass is 16.7. The summed E-state index contributed by atoms with van der Waals surface area (Å²) in [6.45, 7) is 20.2. The molecule has 0 unspecified atom stereocenters. The predicted octanol–water partition coefficient (Wildman–Crippen LogP) is 7.64. The predicted molar refractivity (Wildman–Crippen MR) is 237 cm³/mol. The first-order valence-electron chi connectivity index (χ1n) is 26.0. The molecular weight excluding hydrogens is 805 g/mol. The first-order chi connectivity index (χ1) is 30.0. The van der Waals surface area contributed by atoms with Crippen molar-refractivity contribution in [3.8, 4) is 0 Å². The number of nitrogens with zero attached hydrogens (tertiary/aromatic N) is 2. The van der Waals surface area contributed by atoms with Crippen LogP contribution in [0, 0.1) is 80.8 Å². The summed E-state index contributed by atoms with van der Waals surface area (Å²) in [6, 6.07) is 0. The molecule has 5 saturated carbocycles. The Balaban J connectivity index is 0.758. The number of carbonyl (C=O) groups is 1. The minimum absolute atomic E-state index is 0.0132. The summed E-state index contributed by atoms with van der Waals surface area (Å²) in [5.74, 6) is 1.09. The second-order valence-corrected chi connectivity index (χ2v) is 26.5. The molecule has 9 fully saturated rings. The average molecular weight is 881 g/mol. The molecule has 1 aromatic rings. The highest BCUT2D eigenvalue weighted by Gasteiger charge is 2.79. The highest BCUT2D eigenvalue weighted by molar-refractivity contribution is 5.90. The number of fused-ring (bicyclic) bond motifs is 14. The third-order valence-corrected chi connectivity index (χ3v) is 23.3. The van der Waals surface area contributed by atoms with Crippen molar-refractivity contribution in [1.29, 1.82) is 0 Å². The quantitative estimate of drug-likeness (QED) is 0.223. The molecule has 13 rings (SSSR count). The lowest BCUT2D eigenvalue weighted by atomic mass is 9.45. The molecule has 4 saturated heterocycles. The van der Waals surface area contributed by atoms with Crippen LogP contribution in [0.15, 0.2) is 11.6 Å². The second kappa shape index (κ2) is 12.7. The maximum absolute atomic E-state index is 14.8. The van der Waals surface area contributed by atoms with E-state index in [0.29, 0.717) is 49.4 Å². The van der Waals surface area contributed by atoms with Gasteiger partial charge in [0.05, 0.1) is 69.9 Å². The third kappa shape index (κ3) is 5.01. The number of aromatic nitrogens is 2. The molecule has 64 heavy (non-hydrogen) atoms. The second-order valence-electron chi connectivity index (χ2n) is 26.5. The van der Waals surface area contributed by atoms with E-state index in [1.54, 1.807) is 0 Å². The summed E-state index contributed by atoms with van der Waals surface area (Å²) in [5, 5.41) is 36.0. The van der Waals surface area contributed by atoms with E-state index in [-0.39, 0.29) is 82.0 Å². The Morgan fingerprint density at radius 3 is 1.97 bits per heavy atom. The Kier molecular flexibility index (Phi) is 8.40. The van der Waals surface area contributed by atoms with Gasteiger partial charge in [0.25, 0.3) is 0 Å². The number of aliphatic hydroxyl groups is 3. The maximum Gasteiger partial charge on any atom is 0.172 e. The number of rotatable bonds is 0. The molecule has 0 aromatic carbocycles. The normalized spacial score (nSPS) is 58.3. The van der Waals surface area contributed by atoms with Crippen LogP contribution in [0.5, 0.6) is 0 Å². The van der Waals surface area contributed by atoms with Crippen LogP contribution in [-0.2, 0) is 49.4 Å². The van der Waals surface area contributed by atoms with Crippen molar-refractivity contribution in [2.75, 3.05) is 6.61 Å². The van der Waals surface area contributed by atoms with Gasteiger partial charge in [-0.2, -0.15) is 0 Å². The molecule has 10 nitrogen and oxygen atoms in total. The molecule has 12 aliphatic rings. The van der Waals surface area contributed by atoms with E-state index in [4.69, 9.17) is 28.9 Å². The number of Topliss-reactive ketones (excluding diaryl/α,β-unsaturated/α-hetero) is 1. The van der Waals surface area contributed by atoms with E-state index < -0.39 is 34.3 Å². The van der Waals surface area contributed by atoms with Crippen LogP contribution >= 0.6 is 0 Å². The third-order valence-electron chi connectivity index (χ3n) is 23.3. The zero-order valence-corrected chi connectivity index (χ0v) is 40.2. The van der Waals surface area contributed by atoms with Crippen molar-refractivity contribution in [2.24, 2.45) is 80.8 Å². The topological polar surface area (TPSA) is 140 Å². The average Bonchev–Trinajstić information content (AvgIpc) is 4.00. The molecule has 10 heteroatoms. The van der Waals surface area contributed by atoms with E-state index in [9.17, 15) is 20.1 Å². The SMILES string of the molecule is C[C@H]1[C@H]2[C@@H](C=C3[C@@H]4CC[C@H]5Cc6nc7c(nc6C[C@]5(C)[C@H]4C[C@@H](O)[C@@]32C)C[C@@H]2CC[C@@H]3[C@H](CC(=O)[C@]34C[C@@H]3O[C@@]5(CCC(C)(C)O5)[C@@H](C)[C@@H]3[C@]4(C)O)[C@@]2(C)C7)O[C@@]12CC[C@](C)(O)CO2. The van der Waals surface area contributed by atoms with Crippen LogP contribution in [0.2, 0.25) is 0 Å². The van der Waals surface area contributed by atoms with E-state index in [1.807, 2.05) is 13.8 Å². The monoisotopic (exact) mass is 881 g/mol. The number of hydrogen-bond acceptors (Lipinski definition) is 10. The van der Waals surface area contributed by atoms with Crippen molar-refractivity contribution < 1.29 is 39.1 Å². The number of ether oxygens (including phenoxy) is 4. The Labute approximate surface area is 380 Å². The van der Waals surface area contributed by atoms with E-state index in [2.05, 4.69) is 54.5 Å². The standard InChI is InChI=1S/C54H76N2O8/c1-27-44-40(62-53(27)17-15-47(5,59)26-61-53)20-34-31-12-10-29-18-36-38(23-48(29,6)33(31)21-42(57)50(34,44)8)55-37-19-30-11-13-32-35(49(30,7)24-39(37)56-36)22-43(58)52(32)25-41-45(51(52,9)60)28(2)54(63-41)16-14-46(3,4)64-54/h20,27-33,35,40-42,44-45,57,59-60H,10-19,21-26H2,1-9H3/t27-,28-,29-,30-,31+,32+,33-,35-,40+,41-,42+,44-,45-,47-,48-,49-,50+,51-,52-,53-,54+/m0/s1. The minimum atomic E-state index is -1.16. The first-order valence-corrected chi connectivity index (χ1v) is 26.0. The molecule has 3 N–H and O–H groups in total. The molecule has 3 spiro atoms. The number of hydrogen-bond donors (Lipinski definition) is 3. The smallest absolute Gasteiger partial charge is 0.172 e. The van der Waals surface area contributed by atoms with Gasteiger partial charge in [0.2, 0.25) is 0 Å². The minimum Gasteiger partial charge on any atom is -0.392 e. The van der Waals surface area contributed by atoms with Crippen molar-refractivity contribution in [1.82, 2.24) is 9.97 Å². The summed E-state index contributed by atoms with van der Waals surface area (Å²) in [4.78, 5) is 26.0. The molecule has 0 amide bonds. The molecule has 0 radical (unpaired) electrons. The molecule has 4 aliphatic heterocycles. The maximum atomic E-state index is 14.8. The molecule has 5 heterocycles. The Morgan fingerprint density at radius 1 is 0.703 bits per heavy atom. The number of ketones is 1. The van der Waals surface area contributed by atoms with E-state index in [1.165, 1.54) is 22.7 Å². The number of aliphatic hydroxyl groups excluding tert-OH is 1. The van der Waals surface area contributed by atoms with Gasteiger partial charge in [-0.25, -0.2) is 0 Å². The first kappa shape index (κ1) is 42.3. The van der Waals surface area contributed by atoms with Crippen LogP contribution in [0.3, 0.4) is 0 Å². The lowest BCUT2D eigenvalue weighted by Gasteiger charge is -2.60. The number of carbonyl (C=O) groups excluding carboxylic acids is 1. The van der Waals surface area contributed by atoms with Crippen molar-refractivity contribution in [2.45, 2.75) is 205 Å². The summed E-state index contributed by atoms with van der Waals surface area (Å²) < 4.78 is 26.9. The lowest BCUT2D eigenvalue weighted by molar-refractivity contribution is -0.287. The van der Waals surface area contributed by atoms with Gasteiger partial charge < -0.3 is 34.3 Å². The van der Waals surface area contributed by atoms with Gasteiger partial charge in [-0.3, -0.25) is 14.8 Å². The van der Waals surface area contributed by atoms with Gasteiger partial charge in [0, 0.05) is 48.3 Å². The largest absolute Gasteiger partial charge is 0.392 e. The molecule has 1 aromatic heterocycles. The summed E-state index contributed by atoms with van der Waals surface area (Å²) in [5.41, 5.74) is 2.70. The summed E-state index contributed by atoms with van der Waals surface area (Å²) in [6.07, 6.45) is 14.7. The molecular formula is C54H76N2O8. The van der Waals surface area contributed by atoms with Crippen LogP contribution in [0.1, 0.15) is 156 Å². The fourth-order valence-corrected chi connectivity index (χ4v) is 19.8. The van der Waals surface area contributed by atoms with Crippen LogP contribution in [0.4, 0.5) is 0 Å². The summed E-state index contributed by atoms with van der Waals surface area (Å²) >= 11 is 0. The van der Waals surface area contributed by atoms with Gasteiger partial charge in [0.15, 0.2) is 11.6 Å². The van der Waals surface area contributed by atoms with Crippen LogP contribution < -0.4 is 0 Å². The van der Waals surface area contributed by atoms with Crippen molar-refractivity contribution in [3.63, 3.8) is 0 Å².